The van der Waals surface area contributed by atoms with Crippen molar-refractivity contribution in [1.29, 1.82) is 0 Å². The molecular weight excluding hydrogens is 401 g/mol. The first kappa shape index (κ1) is 21.0. The van der Waals surface area contributed by atoms with Crippen molar-refractivity contribution in [3.8, 4) is 0 Å². The minimum atomic E-state index is -1.19. The molecule has 31 heavy (non-hydrogen) atoms. The number of amides is 3. The molecule has 7 nitrogen and oxygen atoms in total. The summed E-state index contributed by atoms with van der Waals surface area (Å²) in [6, 6.07) is 8.07. The zero-order chi connectivity index (χ0) is 22.1. The highest BCUT2D eigenvalue weighted by Gasteiger charge is 2.55. The van der Waals surface area contributed by atoms with Gasteiger partial charge in [0.25, 0.3) is 0 Å². The van der Waals surface area contributed by atoms with E-state index >= 15 is 0 Å². The number of rotatable bonds is 4. The number of hydrogen-bond donors (Lipinski definition) is 1. The van der Waals surface area contributed by atoms with Crippen LogP contribution in [0.4, 0.5) is 9.18 Å². The van der Waals surface area contributed by atoms with Crippen LogP contribution in [0.15, 0.2) is 42.6 Å². The number of aromatic nitrogens is 1. The summed E-state index contributed by atoms with van der Waals surface area (Å²) < 4.78 is 13.6. The molecule has 1 unspecified atom stereocenters. The highest BCUT2D eigenvalue weighted by Crippen LogP contribution is 2.34. The molecule has 8 heteroatoms. The number of urea groups is 1. The number of pyridine rings is 1. The molecule has 2 fully saturated rings. The summed E-state index contributed by atoms with van der Waals surface area (Å²) in [6.45, 7) is 2.59. The number of carboxylic acids is 1. The zero-order valence-corrected chi connectivity index (χ0v) is 17.2. The van der Waals surface area contributed by atoms with Crippen molar-refractivity contribution in [2.75, 3.05) is 13.1 Å². The third-order valence-corrected chi connectivity index (χ3v) is 6.10. The van der Waals surface area contributed by atoms with Gasteiger partial charge in [0.1, 0.15) is 5.82 Å². The first-order valence-corrected chi connectivity index (χ1v) is 10.4. The fraction of sp³-hybridized carbons (Fsp3) is 0.391. The van der Waals surface area contributed by atoms with E-state index in [0.717, 1.165) is 28.1 Å². The number of carbonyl (C=O) groups excluding carboxylic acids is 2. The van der Waals surface area contributed by atoms with Gasteiger partial charge in [-0.2, -0.15) is 0 Å². The van der Waals surface area contributed by atoms with Gasteiger partial charge in [0.2, 0.25) is 5.91 Å². The highest BCUT2D eigenvalue weighted by atomic mass is 19.1. The predicted molar refractivity (Wildman–Crippen MR) is 110 cm³/mol. The second-order valence-electron chi connectivity index (χ2n) is 8.23. The average molecular weight is 425 g/mol. The van der Waals surface area contributed by atoms with Crippen LogP contribution in [0.25, 0.3) is 0 Å². The number of likely N-dealkylation sites (tertiary alicyclic amines) is 2. The number of carbonyl (C=O) groups is 3. The topological polar surface area (TPSA) is 90.8 Å². The first-order valence-electron chi connectivity index (χ1n) is 10.4. The molecule has 0 aliphatic carbocycles. The summed E-state index contributed by atoms with van der Waals surface area (Å²) in [5.74, 6) is -2.84. The van der Waals surface area contributed by atoms with E-state index in [2.05, 4.69) is 4.98 Å². The second kappa shape index (κ2) is 8.45. The molecule has 0 saturated carbocycles. The van der Waals surface area contributed by atoms with Crippen LogP contribution in [0, 0.1) is 18.7 Å². The summed E-state index contributed by atoms with van der Waals surface area (Å²) in [5.41, 5.74) is 2.39. The maximum Gasteiger partial charge on any atom is 0.327 e. The van der Waals surface area contributed by atoms with E-state index in [9.17, 15) is 23.9 Å². The first-order chi connectivity index (χ1) is 14.8. The molecule has 1 aromatic carbocycles. The molecule has 2 aliphatic rings. The molecule has 3 amide bonds. The van der Waals surface area contributed by atoms with E-state index in [4.69, 9.17) is 0 Å². The van der Waals surface area contributed by atoms with Crippen molar-refractivity contribution in [3.63, 3.8) is 0 Å². The predicted octanol–water partition coefficient (Wildman–Crippen LogP) is 2.98. The zero-order valence-electron chi connectivity index (χ0n) is 17.2. The number of aliphatic carboxylic acids is 1. The van der Waals surface area contributed by atoms with E-state index in [0.29, 0.717) is 19.5 Å². The van der Waals surface area contributed by atoms with Crippen molar-refractivity contribution in [2.24, 2.45) is 5.92 Å². The Kier molecular flexibility index (Phi) is 5.71. The lowest BCUT2D eigenvalue weighted by atomic mass is 9.82. The summed E-state index contributed by atoms with van der Waals surface area (Å²) in [5, 5.41) is 9.71. The number of imide groups is 1. The monoisotopic (exact) mass is 425 g/mol. The number of β-lactam (4-membered cyclic amide) rings is 1. The minimum Gasteiger partial charge on any atom is -0.480 e. The number of halogens is 1. The van der Waals surface area contributed by atoms with Crippen molar-refractivity contribution in [1.82, 2.24) is 14.8 Å². The Bertz CT molecular complexity index is 1030. The highest BCUT2D eigenvalue weighted by molar-refractivity contribution is 6.07. The largest absolute Gasteiger partial charge is 0.480 e. The van der Waals surface area contributed by atoms with Gasteiger partial charge < -0.3 is 10.0 Å². The lowest BCUT2D eigenvalue weighted by molar-refractivity contribution is -0.166. The van der Waals surface area contributed by atoms with Gasteiger partial charge in [-0.3, -0.25) is 9.78 Å². The van der Waals surface area contributed by atoms with Gasteiger partial charge in [-0.05, 0) is 61.6 Å². The van der Waals surface area contributed by atoms with Gasteiger partial charge in [-0.25, -0.2) is 18.9 Å². The molecule has 1 aromatic heterocycles. The van der Waals surface area contributed by atoms with Gasteiger partial charge in [0.15, 0.2) is 6.04 Å². The van der Waals surface area contributed by atoms with Gasteiger partial charge >= 0.3 is 12.0 Å². The van der Waals surface area contributed by atoms with Crippen molar-refractivity contribution in [2.45, 2.75) is 38.1 Å². The van der Waals surface area contributed by atoms with Gasteiger partial charge in [-0.15, -0.1) is 0 Å². The van der Waals surface area contributed by atoms with E-state index in [-0.39, 0.29) is 18.2 Å². The molecular formula is C23H24FN3O4. The summed E-state index contributed by atoms with van der Waals surface area (Å²) in [6.07, 6.45) is 3.36. The summed E-state index contributed by atoms with van der Waals surface area (Å²) in [7, 11) is 0. The number of carboxylic acid groups (broad SMARTS) is 1. The molecule has 3 heterocycles. The van der Waals surface area contributed by atoms with Crippen LogP contribution in [0.2, 0.25) is 0 Å². The average Bonchev–Trinajstić information content (AvgIpc) is 2.75. The van der Waals surface area contributed by atoms with Gasteiger partial charge in [-0.1, -0.05) is 12.1 Å². The summed E-state index contributed by atoms with van der Waals surface area (Å²) >= 11 is 0. The molecule has 162 valence electrons. The number of piperidine rings is 1. The second-order valence-corrected chi connectivity index (χ2v) is 8.23. The molecule has 4 rings (SSSR count). The normalized spacial score (nSPS) is 23.4. The Hall–Kier alpha value is -3.29. The molecule has 2 aliphatic heterocycles. The maximum absolute atomic E-state index is 13.6. The summed E-state index contributed by atoms with van der Waals surface area (Å²) in [4.78, 5) is 44.3. The lowest BCUT2D eigenvalue weighted by Gasteiger charge is -2.46. The number of hydrogen-bond acceptors (Lipinski definition) is 4. The molecule has 0 bridgehead atoms. The Morgan fingerprint density at radius 3 is 2.77 bits per heavy atom. The van der Waals surface area contributed by atoms with Crippen LogP contribution >= 0.6 is 0 Å². The van der Waals surface area contributed by atoms with E-state index in [1.165, 1.54) is 17.0 Å². The van der Waals surface area contributed by atoms with Crippen molar-refractivity contribution in [3.05, 3.63) is 65.2 Å². The van der Waals surface area contributed by atoms with Gasteiger partial charge in [0.05, 0.1) is 5.92 Å². The quantitative estimate of drug-likeness (QED) is 0.761. The van der Waals surface area contributed by atoms with Crippen molar-refractivity contribution >= 4 is 17.9 Å². The standard InChI is InChI=1S/C23H24FN3O4/c1-14-10-15(7-8-25-14)11-19-20(22(29)30)27(21(19)28)23(31)26-9-3-5-17(13-26)16-4-2-6-18(24)12-16/h2,4,6-8,10,12,17,19-20H,3,5,9,11,13H2,1H3,(H,29,30)/t17?,19-,20+/m1/s1. The molecule has 0 radical (unpaired) electrons. The fourth-order valence-electron chi connectivity index (χ4n) is 4.56. The van der Waals surface area contributed by atoms with Crippen LogP contribution in [0.3, 0.4) is 0 Å². The fourth-order valence-corrected chi connectivity index (χ4v) is 4.56. The van der Waals surface area contributed by atoms with E-state index < -0.39 is 29.9 Å². The van der Waals surface area contributed by atoms with E-state index in [1.54, 1.807) is 18.3 Å². The minimum absolute atomic E-state index is 0.0522. The Morgan fingerprint density at radius 1 is 1.26 bits per heavy atom. The molecule has 1 N–H and O–H groups in total. The van der Waals surface area contributed by atoms with Crippen molar-refractivity contribution < 1.29 is 23.9 Å². The Morgan fingerprint density at radius 2 is 2.06 bits per heavy atom. The van der Waals surface area contributed by atoms with Crippen LogP contribution in [0.1, 0.15) is 35.6 Å². The van der Waals surface area contributed by atoms with Crippen LogP contribution in [0.5, 0.6) is 0 Å². The molecule has 3 atom stereocenters. The SMILES string of the molecule is Cc1cc(C[C@H]2C(=O)N(C(=O)N3CCCC(c4cccc(F)c4)C3)[C@@H]2C(=O)O)ccn1. The lowest BCUT2D eigenvalue weighted by Crippen LogP contribution is -2.69. The van der Waals surface area contributed by atoms with E-state index in [1.807, 2.05) is 19.1 Å². The molecule has 2 aromatic rings. The maximum atomic E-state index is 13.6. The number of nitrogens with zero attached hydrogens (tertiary/aromatic N) is 3. The van der Waals surface area contributed by atoms with Crippen LogP contribution < -0.4 is 0 Å². The number of benzene rings is 1. The third-order valence-electron chi connectivity index (χ3n) is 6.10. The Balaban J connectivity index is 1.48. The van der Waals surface area contributed by atoms with Crippen LogP contribution in [-0.4, -0.2) is 56.9 Å². The Labute approximate surface area is 179 Å². The number of aryl methyl sites for hydroxylation is 1. The third kappa shape index (κ3) is 4.15. The van der Waals surface area contributed by atoms with Crippen LogP contribution in [-0.2, 0) is 16.0 Å². The molecule has 2 saturated heterocycles. The smallest absolute Gasteiger partial charge is 0.327 e. The molecule has 0 spiro atoms. The van der Waals surface area contributed by atoms with Gasteiger partial charge in [0, 0.05) is 30.9 Å².